The Balaban J connectivity index is 1.56. The molecule has 0 heterocycles. The van der Waals surface area contributed by atoms with E-state index in [1.165, 1.54) is 4.90 Å². The first-order chi connectivity index (χ1) is 20.1. The number of hydrogen-bond acceptors (Lipinski definition) is 6. The van der Waals surface area contributed by atoms with Crippen molar-refractivity contribution in [2.75, 3.05) is 20.2 Å². The molecule has 3 rings (SSSR count). The molecule has 1 unspecified atom stereocenters. The van der Waals surface area contributed by atoms with Crippen LogP contribution in [0.25, 0.3) is 0 Å². The molecule has 0 radical (unpaired) electrons. The van der Waals surface area contributed by atoms with E-state index in [0.717, 1.165) is 37.7 Å². The summed E-state index contributed by atoms with van der Waals surface area (Å²) in [6.07, 6.45) is 5.01. The van der Waals surface area contributed by atoms with Crippen LogP contribution < -0.4 is 10.6 Å². The zero-order valence-corrected chi connectivity index (χ0v) is 25.5. The van der Waals surface area contributed by atoms with Crippen LogP contribution in [0.1, 0.15) is 62.5 Å². The van der Waals surface area contributed by atoms with Crippen LogP contribution in [-0.4, -0.2) is 65.0 Å². The topological polar surface area (TPSA) is 128 Å². The number of halogens is 2. The van der Waals surface area contributed by atoms with Crippen LogP contribution in [0.3, 0.4) is 0 Å². The first-order valence-corrected chi connectivity index (χ1v) is 15.1. The van der Waals surface area contributed by atoms with Crippen molar-refractivity contribution in [1.29, 1.82) is 0 Å². The van der Waals surface area contributed by atoms with Crippen LogP contribution in [0.4, 0.5) is 4.79 Å². The molecule has 1 aliphatic rings. The Kier molecular flexibility index (Phi) is 13.4. The van der Waals surface area contributed by atoms with Crippen LogP contribution in [0.5, 0.6) is 0 Å². The molecular weight excluding hydrogens is 581 g/mol. The normalized spacial score (nSPS) is 15.7. The van der Waals surface area contributed by atoms with E-state index in [-0.39, 0.29) is 31.3 Å². The Hall–Kier alpha value is -2.85. The van der Waals surface area contributed by atoms with Gasteiger partial charge < -0.3 is 30.5 Å². The molecule has 4 N–H and O–H groups in total. The molecule has 3 amide bonds. The van der Waals surface area contributed by atoms with Crippen molar-refractivity contribution in [2.45, 2.75) is 76.2 Å². The molecular formula is C31H41Cl2N3O6. The molecule has 42 heavy (non-hydrogen) atoms. The number of carbonyl (C=O) groups is 3. The fourth-order valence-corrected chi connectivity index (χ4v) is 5.36. The summed E-state index contributed by atoms with van der Waals surface area (Å²) in [5.41, 5.74) is -0.315. The third kappa shape index (κ3) is 11.4. The minimum Gasteiger partial charge on any atom is -0.445 e. The SMILES string of the molecule is CN(CCc1ccc(Cl)cc1)C(=O)CCC(O)(CO)NC(=O)[C@H](CC1CCCCC1)NC(=O)OCc1cccc(Cl)c1. The summed E-state index contributed by atoms with van der Waals surface area (Å²) in [5.74, 6) is -0.673. The first-order valence-electron chi connectivity index (χ1n) is 14.4. The number of carbonyl (C=O) groups excluding carboxylic acids is 3. The average molecular weight is 623 g/mol. The number of aliphatic hydroxyl groups is 2. The smallest absolute Gasteiger partial charge is 0.408 e. The summed E-state index contributed by atoms with van der Waals surface area (Å²) in [4.78, 5) is 40.3. The molecule has 11 heteroatoms. The summed E-state index contributed by atoms with van der Waals surface area (Å²) < 4.78 is 5.32. The number of rotatable bonds is 14. The summed E-state index contributed by atoms with van der Waals surface area (Å²) >= 11 is 11.9. The molecule has 2 atom stereocenters. The third-order valence-corrected chi connectivity index (χ3v) is 8.09. The van der Waals surface area contributed by atoms with E-state index in [4.69, 9.17) is 27.9 Å². The highest BCUT2D eigenvalue weighted by Crippen LogP contribution is 2.28. The number of alkyl carbamates (subject to hydrolysis) is 1. The summed E-state index contributed by atoms with van der Waals surface area (Å²) in [5, 5.41) is 27.2. The van der Waals surface area contributed by atoms with E-state index < -0.39 is 30.4 Å². The monoisotopic (exact) mass is 621 g/mol. The van der Waals surface area contributed by atoms with Gasteiger partial charge in [-0.25, -0.2) is 4.79 Å². The standard InChI is InChI=1S/C31H41Cl2N3O6/c1-36(17-15-22-10-12-25(32)13-11-22)28(38)14-16-31(41,21-37)35-29(39)27(19-23-6-3-2-4-7-23)34-30(40)42-20-24-8-5-9-26(33)18-24/h5,8-13,18,23,27,37,41H,2-4,6-7,14-17,19-21H2,1H3,(H,34,40)(H,35,39)/t27-,31?/m0/s1. The second-order valence-corrected chi connectivity index (χ2v) is 11.9. The van der Waals surface area contributed by atoms with Crippen molar-refractivity contribution < 1.29 is 29.3 Å². The second kappa shape index (κ2) is 16.7. The first kappa shape index (κ1) is 33.6. The van der Waals surface area contributed by atoms with Gasteiger partial charge in [0.25, 0.3) is 0 Å². The van der Waals surface area contributed by atoms with Gasteiger partial charge >= 0.3 is 6.09 Å². The molecule has 1 aliphatic carbocycles. The highest BCUT2D eigenvalue weighted by molar-refractivity contribution is 6.30. The number of likely N-dealkylation sites (N-methyl/N-ethyl adjacent to an activating group) is 1. The second-order valence-electron chi connectivity index (χ2n) is 11.0. The summed E-state index contributed by atoms with van der Waals surface area (Å²) in [7, 11) is 1.66. The summed E-state index contributed by atoms with van der Waals surface area (Å²) in [6.45, 7) is -0.372. The Morgan fingerprint density at radius 2 is 1.76 bits per heavy atom. The van der Waals surface area contributed by atoms with E-state index >= 15 is 0 Å². The van der Waals surface area contributed by atoms with E-state index in [1.807, 2.05) is 12.1 Å². The molecule has 9 nitrogen and oxygen atoms in total. The number of hydrogen-bond donors (Lipinski definition) is 4. The van der Waals surface area contributed by atoms with Crippen molar-refractivity contribution in [3.05, 3.63) is 69.7 Å². The van der Waals surface area contributed by atoms with Crippen LogP contribution in [0.15, 0.2) is 48.5 Å². The minimum absolute atomic E-state index is 0.0294. The van der Waals surface area contributed by atoms with Crippen LogP contribution >= 0.6 is 23.2 Å². The van der Waals surface area contributed by atoms with E-state index in [9.17, 15) is 24.6 Å². The molecule has 0 saturated heterocycles. The Morgan fingerprint density at radius 3 is 2.43 bits per heavy atom. The lowest BCUT2D eigenvalue weighted by molar-refractivity contribution is -0.139. The lowest BCUT2D eigenvalue weighted by Gasteiger charge is -2.31. The van der Waals surface area contributed by atoms with Crippen LogP contribution in [-0.2, 0) is 27.4 Å². The molecule has 1 saturated carbocycles. The van der Waals surface area contributed by atoms with Gasteiger partial charge in [0.05, 0.1) is 6.61 Å². The third-order valence-electron chi connectivity index (χ3n) is 7.61. The molecule has 1 fully saturated rings. The number of aliphatic hydroxyl groups excluding tert-OH is 1. The molecule has 0 bridgehead atoms. The van der Waals surface area contributed by atoms with E-state index in [1.54, 1.807) is 43.4 Å². The van der Waals surface area contributed by atoms with Crippen molar-refractivity contribution in [1.82, 2.24) is 15.5 Å². The summed E-state index contributed by atoms with van der Waals surface area (Å²) in [6, 6.07) is 13.3. The van der Waals surface area contributed by atoms with Gasteiger partial charge in [-0.15, -0.1) is 0 Å². The number of ether oxygens (including phenoxy) is 1. The van der Waals surface area contributed by atoms with Gasteiger partial charge in [-0.3, -0.25) is 9.59 Å². The predicted octanol–water partition coefficient (Wildman–Crippen LogP) is 4.84. The maximum atomic E-state index is 13.3. The maximum absolute atomic E-state index is 13.3. The highest BCUT2D eigenvalue weighted by atomic mass is 35.5. The van der Waals surface area contributed by atoms with Crippen molar-refractivity contribution in [2.24, 2.45) is 5.92 Å². The van der Waals surface area contributed by atoms with Gasteiger partial charge in [-0.2, -0.15) is 0 Å². The minimum atomic E-state index is -2.04. The van der Waals surface area contributed by atoms with Gasteiger partial charge in [-0.05, 0) is 54.2 Å². The lowest BCUT2D eigenvalue weighted by atomic mass is 9.84. The van der Waals surface area contributed by atoms with Gasteiger partial charge in [0.2, 0.25) is 11.8 Å². The molecule has 2 aromatic carbocycles. The quantitative estimate of drug-likeness (QED) is 0.224. The van der Waals surface area contributed by atoms with Gasteiger partial charge in [-0.1, -0.05) is 79.6 Å². The zero-order valence-electron chi connectivity index (χ0n) is 24.0. The molecule has 230 valence electrons. The fraction of sp³-hybridized carbons (Fsp3) is 0.516. The van der Waals surface area contributed by atoms with Gasteiger partial charge in [0.15, 0.2) is 5.72 Å². The van der Waals surface area contributed by atoms with Crippen LogP contribution in [0, 0.1) is 5.92 Å². The highest BCUT2D eigenvalue weighted by Gasteiger charge is 2.34. The van der Waals surface area contributed by atoms with Crippen molar-refractivity contribution in [3.63, 3.8) is 0 Å². The van der Waals surface area contributed by atoms with Crippen molar-refractivity contribution in [3.8, 4) is 0 Å². The lowest BCUT2D eigenvalue weighted by Crippen LogP contribution is -2.58. The Labute approximate surface area is 257 Å². The average Bonchev–Trinajstić information content (AvgIpc) is 2.98. The van der Waals surface area contributed by atoms with Gasteiger partial charge in [0.1, 0.15) is 12.6 Å². The molecule has 0 aliphatic heterocycles. The zero-order chi connectivity index (χ0) is 30.5. The molecule has 0 aromatic heterocycles. The number of nitrogens with one attached hydrogen (secondary N) is 2. The largest absolute Gasteiger partial charge is 0.445 e. The van der Waals surface area contributed by atoms with E-state index in [2.05, 4.69) is 10.6 Å². The number of nitrogens with zero attached hydrogens (tertiary/aromatic N) is 1. The number of benzene rings is 2. The Morgan fingerprint density at radius 1 is 1.05 bits per heavy atom. The molecule has 2 aromatic rings. The van der Waals surface area contributed by atoms with Crippen molar-refractivity contribution >= 4 is 41.1 Å². The van der Waals surface area contributed by atoms with E-state index in [0.29, 0.717) is 35.0 Å². The van der Waals surface area contributed by atoms with Crippen LogP contribution in [0.2, 0.25) is 10.0 Å². The number of amides is 3. The Bertz CT molecular complexity index is 1180. The maximum Gasteiger partial charge on any atom is 0.408 e. The fourth-order valence-electron chi connectivity index (χ4n) is 5.02. The van der Waals surface area contributed by atoms with Gasteiger partial charge in [0, 0.05) is 36.5 Å². The molecule has 0 spiro atoms. The predicted molar refractivity (Wildman–Crippen MR) is 162 cm³/mol.